The summed E-state index contributed by atoms with van der Waals surface area (Å²) < 4.78 is 5.94. The number of carbonyl (C=O) groups is 1. The van der Waals surface area contributed by atoms with Gasteiger partial charge in [0.25, 0.3) is 0 Å². The predicted molar refractivity (Wildman–Crippen MR) is 106 cm³/mol. The quantitative estimate of drug-likeness (QED) is 0.818. The standard InChI is InChI=1S/C21H30N4O2/c1-16(2)20-8-7-18(13-22-20)27-19-14-25(15-19)21(26)24-10-4-9-23(11-12-24)17-5-3-6-17/h7-8,13,17,19H,1,3-6,9-12,14-15H2,2H3. The van der Waals surface area contributed by atoms with Crippen LogP contribution in [0.2, 0.25) is 0 Å². The van der Waals surface area contributed by atoms with E-state index >= 15 is 0 Å². The number of hydrogen-bond acceptors (Lipinski definition) is 4. The summed E-state index contributed by atoms with van der Waals surface area (Å²) in [4.78, 5) is 23.6. The first kappa shape index (κ1) is 18.3. The molecular formula is C21H30N4O2. The van der Waals surface area contributed by atoms with E-state index in [9.17, 15) is 4.79 Å². The Morgan fingerprint density at radius 3 is 2.56 bits per heavy atom. The van der Waals surface area contributed by atoms with Gasteiger partial charge in [-0.2, -0.15) is 0 Å². The van der Waals surface area contributed by atoms with E-state index in [0.717, 1.165) is 55.7 Å². The molecule has 0 bridgehead atoms. The maximum atomic E-state index is 12.8. The third kappa shape index (κ3) is 4.10. The molecule has 1 aromatic rings. The lowest BCUT2D eigenvalue weighted by Gasteiger charge is -2.41. The zero-order valence-electron chi connectivity index (χ0n) is 16.3. The van der Waals surface area contributed by atoms with E-state index in [-0.39, 0.29) is 12.1 Å². The lowest BCUT2D eigenvalue weighted by molar-refractivity contribution is 0.0306. The molecule has 0 N–H and O–H groups in total. The van der Waals surface area contributed by atoms with Crippen LogP contribution in [0.25, 0.3) is 5.57 Å². The molecule has 6 nitrogen and oxygen atoms in total. The first-order chi connectivity index (χ1) is 13.1. The van der Waals surface area contributed by atoms with Crippen LogP contribution in [0.15, 0.2) is 24.9 Å². The summed E-state index contributed by atoms with van der Waals surface area (Å²) in [6.07, 6.45) is 6.91. The molecule has 0 spiro atoms. The minimum atomic E-state index is 0.0601. The number of hydrogen-bond donors (Lipinski definition) is 0. The summed E-state index contributed by atoms with van der Waals surface area (Å²) in [6, 6.07) is 4.78. The third-order valence-electron chi connectivity index (χ3n) is 5.99. The fraction of sp³-hybridized carbons (Fsp3) is 0.619. The maximum Gasteiger partial charge on any atom is 0.320 e. The summed E-state index contributed by atoms with van der Waals surface area (Å²) in [5.74, 6) is 0.753. The van der Waals surface area contributed by atoms with Gasteiger partial charge >= 0.3 is 6.03 Å². The van der Waals surface area contributed by atoms with Crippen LogP contribution < -0.4 is 4.74 Å². The molecular weight excluding hydrogens is 340 g/mol. The average Bonchev–Trinajstić information content (AvgIpc) is 2.82. The number of rotatable bonds is 4. The lowest BCUT2D eigenvalue weighted by atomic mass is 9.91. The highest BCUT2D eigenvalue weighted by atomic mass is 16.5. The van der Waals surface area contributed by atoms with Crippen molar-refractivity contribution in [2.24, 2.45) is 0 Å². The van der Waals surface area contributed by atoms with Crippen LogP contribution in [0.3, 0.4) is 0 Å². The summed E-state index contributed by atoms with van der Waals surface area (Å²) in [7, 11) is 0. The van der Waals surface area contributed by atoms with Crippen molar-refractivity contribution in [3.63, 3.8) is 0 Å². The number of likely N-dealkylation sites (tertiary alicyclic amines) is 1. The van der Waals surface area contributed by atoms with E-state index in [1.807, 2.05) is 28.9 Å². The monoisotopic (exact) mass is 370 g/mol. The zero-order chi connectivity index (χ0) is 18.8. The number of urea groups is 1. The summed E-state index contributed by atoms with van der Waals surface area (Å²) in [5.41, 5.74) is 1.82. The van der Waals surface area contributed by atoms with Crippen LogP contribution in [0.5, 0.6) is 5.75 Å². The minimum Gasteiger partial charge on any atom is -0.485 e. The average molecular weight is 370 g/mol. The molecule has 2 amide bonds. The van der Waals surface area contributed by atoms with Crippen LogP contribution in [-0.4, -0.2) is 77.1 Å². The smallest absolute Gasteiger partial charge is 0.320 e. The second-order valence-corrected chi connectivity index (χ2v) is 8.05. The second-order valence-electron chi connectivity index (χ2n) is 8.05. The number of ether oxygens (including phenoxy) is 1. The largest absolute Gasteiger partial charge is 0.485 e. The van der Waals surface area contributed by atoms with E-state index in [0.29, 0.717) is 13.1 Å². The van der Waals surface area contributed by atoms with Crippen molar-refractivity contribution < 1.29 is 9.53 Å². The molecule has 0 aromatic carbocycles. The second kappa shape index (κ2) is 7.89. The highest BCUT2D eigenvalue weighted by Gasteiger charge is 2.36. The number of nitrogens with zero attached hydrogens (tertiary/aromatic N) is 4. The Balaban J connectivity index is 1.23. The van der Waals surface area contributed by atoms with Crippen molar-refractivity contribution in [2.75, 3.05) is 39.3 Å². The molecule has 6 heteroatoms. The van der Waals surface area contributed by atoms with Gasteiger partial charge in [0.2, 0.25) is 0 Å². The van der Waals surface area contributed by atoms with Gasteiger partial charge in [-0.3, -0.25) is 9.88 Å². The molecule has 3 heterocycles. The molecule has 27 heavy (non-hydrogen) atoms. The van der Waals surface area contributed by atoms with Crippen LogP contribution in [-0.2, 0) is 0 Å². The van der Waals surface area contributed by atoms with E-state index in [2.05, 4.69) is 16.5 Å². The van der Waals surface area contributed by atoms with E-state index in [1.54, 1.807) is 6.20 Å². The SMILES string of the molecule is C=C(C)c1ccc(OC2CN(C(=O)N3CCCN(C4CCC4)CC3)C2)cn1. The Bertz CT molecular complexity index is 680. The number of amides is 2. The van der Waals surface area contributed by atoms with Crippen molar-refractivity contribution in [1.29, 1.82) is 0 Å². The van der Waals surface area contributed by atoms with Crippen LogP contribution in [0.4, 0.5) is 4.79 Å². The fourth-order valence-corrected chi connectivity index (χ4v) is 4.01. The molecule has 4 rings (SSSR count). The van der Waals surface area contributed by atoms with Crippen molar-refractivity contribution in [2.45, 2.75) is 44.8 Å². The van der Waals surface area contributed by atoms with E-state index in [1.165, 1.54) is 19.3 Å². The summed E-state index contributed by atoms with van der Waals surface area (Å²) >= 11 is 0. The van der Waals surface area contributed by atoms with Crippen molar-refractivity contribution >= 4 is 11.6 Å². The van der Waals surface area contributed by atoms with E-state index < -0.39 is 0 Å². The van der Waals surface area contributed by atoms with Crippen LogP contribution >= 0.6 is 0 Å². The van der Waals surface area contributed by atoms with Gasteiger partial charge in [-0.1, -0.05) is 13.0 Å². The van der Waals surface area contributed by atoms with Crippen LogP contribution in [0, 0.1) is 0 Å². The lowest BCUT2D eigenvalue weighted by Crippen LogP contribution is -2.60. The topological polar surface area (TPSA) is 48.9 Å². The van der Waals surface area contributed by atoms with E-state index in [4.69, 9.17) is 4.74 Å². The highest BCUT2D eigenvalue weighted by molar-refractivity contribution is 5.75. The number of allylic oxidation sites excluding steroid dienone is 1. The molecule has 0 atom stereocenters. The molecule has 0 radical (unpaired) electrons. The van der Waals surface area contributed by atoms with Crippen molar-refractivity contribution in [3.8, 4) is 5.75 Å². The van der Waals surface area contributed by atoms with Gasteiger partial charge in [0.1, 0.15) is 11.9 Å². The van der Waals surface area contributed by atoms with Crippen molar-refractivity contribution in [3.05, 3.63) is 30.6 Å². The summed E-state index contributed by atoms with van der Waals surface area (Å²) in [5, 5.41) is 0. The Labute approximate surface area is 161 Å². The predicted octanol–water partition coefficient (Wildman–Crippen LogP) is 2.86. The normalized spacial score (nSPS) is 22.0. The zero-order valence-corrected chi connectivity index (χ0v) is 16.3. The number of aromatic nitrogens is 1. The number of carbonyl (C=O) groups excluding carboxylic acids is 1. The van der Waals surface area contributed by atoms with Crippen LogP contribution in [0.1, 0.15) is 38.3 Å². The number of pyridine rings is 1. The Morgan fingerprint density at radius 2 is 1.93 bits per heavy atom. The molecule has 1 aliphatic carbocycles. The Morgan fingerprint density at radius 1 is 1.11 bits per heavy atom. The van der Waals surface area contributed by atoms with Gasteiger partial charge in [0, 0.05) is 32.2 Å². The van der Waals surface area contributed by atoms with Gasteiger partial charge in [-0.15, -0.1) is 0 Å². The van der Waals surface area contributed by atoms with Crippen molar-refractivity contribution in [1.82, 2.24) is 19.7 Å². The van der Waals surface area contributed by atoms with Gasteiger partial charge in [0.05, 0.1) is 25.0 Å². The molecule has 146 valence electrons. The van der Waals surface area contributed by atoms with Gasteiger partial charge in [-0.25, -0.2) is 4.79 Å². The Hall–Kier alpha value is -2.08. The molecule has 1 aromatic heterocycles. The molecule has 2 aliphatic heterocycles. The fourth-order valence-electron chi connectivity index (χ4n) is 4.01. The molecule has 0 unspecified atom stereocenters. The van der Waals surface area contributed by atoms with Gasteiger partial charge < -0.3 is 14.5 Å². The first-order valence-electron chi connectivity index (χ1n) is 10.2. The Kier molecular flexibility index (Phi) is 5.34. The molecule has 2 saturated heterocycles. The first-order valence-corrected chi connectivity index (χ1v) is 10.2. The minimum absolute atomic E-state index is 0.0601. The molecule has 3 aliphatic rings. The van der Waals surface area contributed by atoms with Gasteiger partial charge in [-0.05, 0) is 43.9 Å². The summed E-state index contributed by atoms with van der Waals surface area (Å²) in [6.45, 7) is 11.0. The molecule has 3 fully saturated rings. The highest BCUT2D eigenvalue weighted by Crippen LogP contribution is 2.26. The third-order valence-corrected chi connectivity index (χ3v) is 5.99. The maximum absolute atomic E-state index is 12.8. The van der Waals surface area contributed by atoms with Gasteiger partial charge in [0.15, 0.2) is 0 Å². The molecule has 1 saturated carbocycles.